The molecule has 3 aromatic heterocycles. The third kappa shape index (κ3) is 5.06. The number of fused-ring (bicyclic) bond motifs is 13. The molecular weight excluding hydrogens is 707 g/mol. The highest BCUT2D eigenvalue weighted by molar-refractivity contribution is 6.09. The highest BCUT2D eigenvalue weighted by atomic mass is 15.3. The van der Waals surface area contributed by atoms with E-state index in [1.807, 2.05) is 0 Å². The monoisotopic (exact) mass is 743 g/mol. The molecule has 0 saturated heterocycles. The zero-order chi connectivity index (χ0) is 38.2. The van der Waals surface area contributed by atoms with Crippen LogP contribution >= 0.6 is 0 Å². The quantitative estimate of drug-likeness (QED) is 0.181. The number of rotatable bonds is 3. The van der Waals surface area contributed by atoms with Crippen molar-refractivity contribution in [3.8, 4) is 56.7 Å². The SMILES string of the molecule is C1=Cc2c(n(-c3nc(-c4ccc5c(c4)-c4ccccc4-c4ccccc4CCc4ccccc4-5)nc(-n4c5ccccc5c5ccccc54)n3)c3ccccc23)CC1. The summed E-state index contributed by atoms with van der Waals surface area (Å²) in [4.78, 5) is 16.3. The molecule has 274 valence electrons. The van der Waals surface area contributed by atoms with Crippen LogP contribution in [0.5, 0.6) is 0 Å². The second kappa shape index (κ2) is 13.1. The number of aryl methyl sites for hydroxylation is 2. The van der Waals surface area contributed by atoms with E-state index in [4.69, 9.17) is 15.0 Å². The molecule has 7 aromatic carbocycles. The average molecular weight is 744 g/mol. The highest BCUT2D eigenvalue weighted by Gasteiger charge is 2.25. The van der Waals surface area contributed by atoms with E-state index in [-0.39, 0.29) is 0 Å². The minimum atomic E-state index is 0.593. The molecule has 0 atom stereocenters. The molecule has 0 aliphatic heterocycles. The van der Waals surface area contributed by atoms with Gasteiger partial charge < -0.3 is 0 Å². The van der Waals surface area contributed by atoms with E-state index in [9.17, 15) is 0 Å². The number of benzene rings is 7. The van der Waals surface area contributed by atoms with Crippen molar-refractivity contribution in [3.63, 3.8) is 0 Å². The largest absolute Gasteiger partial charge is 0.282 e. The normalized spacial score (nSPS) is 13.2. The van der Waals surface area contributed by atoms with E-state index in [0.29, 0.717) is 17.7 Å². The van der Waals surface area contributed by atoms with Gasteiger partial charge in [-0.3, -0.25) is 9.13 Å². The van der Waals surface area contributed by atoms with Gasteiger partial charge in [0.1, 0.15) is 0 Å². The van der Waals surface area contributed by atoms with Crippen molar-refractivity contribution in [2.45, 2.75) is 25.7 Å². The number of nitrogens with zero attached hydrogens (tertiary/aromatic N) is 5. The van der Waals surface area contributed by atoms with E-state index >= 15 is 0 Å². The van der Waals surface area contributed by atoms with Gasteiger partial charge in [0, 0.05) is 33.0 Å². The van der Waals surface area contributed by atoms with Crippen LogP contribution in [0.15, 0.2) is 170 Å². The Kier molecular flexibility index (Phi) is 7.42. The molecule has 10 aromatic rings. The molecule has 2 aliphatic rings. The zero-order valence-electron chi connectivity index (χ0n) is 31.8. The van der Waals surface area contributed by atoms with Gasteiger partial charge in [-0.25, -0.2) is 0 Å². The lowest BCUT2D eigenvalue weighted by Crippen LogP contribution is -2.12. The van der Waals surface area contributed by atoms with E-state index < -0.39 is 0 Å². The first-order valence-corrected chi connectivity index (χ1v) is 20.2. The summed E-state index contributed by atoms with van der Waals surface area (Å²) >= 11 is 0. The Morgan fingerprint density at radius 1 is 0.397 bits per heavy atom. The maximum Gasteiger partial charge on any atom is 0.240 e. The van der Waals surface area contributed by atoms with Gasteiger partial charge in [0.25, 0.3) is 0 Å². The summed E-state index contributed by atoms with van der Waals surface area (Å²) in [5, 5.41) is 3.54. The summed E-state index contributed by atoms with van der Waals surface area (Å²) in [5.41, 5.74) is 16.7. The maximum absolute atomic E-state index is 5.44. The van der Waals surface area contributed by atoms with Crippen molar-refractivity contribution < 1.29 is 0 Å². The van der Waals surface area contributed by atoms with Gasteiger partial charge in [-0.1, -0.05) is 152 Å². The van der Waals surface area contributed by atoms with Crippen LogP contribution in [0, 0.1) is 0 Å². The van der Waals surface area contributed by atoms with Crippen molar-refractivity contribution in [2.24, 2.45) is 0 Å². The standard InChI is InChI=1S/C53H37N5/c1-3-17-37-34(15-1)29-30-35-16-2-4-18-38(35)41-32-31-36(33-46(41)40-20-6-5-19-39(37)40)51-54-52(57-47-25-11-7-21-42(47)43-22-8-12-26-48(43)57)56-53(55-51)58-49-27-13-9-23-44(49)45-24-10-14-28-50(45)58/h1-13,15-27,31-33H,14,28-30H2. The predicted molar refractivity (Wildman–Crippen MR) is 238 cm³/mol. The lowest BCUT2D eigenvalue weighted by Gasteiger charge is -2.21. The molecule has 0 fully saturated rings. The Bertz CT molecular complexity index is 3250. The lowest BCUT2D eigenvalue weighted by molar-refractivity contribution is 0.822. The summed E-state index contributed by atoms with van der Waals surface area (Å²) in [6, 6.07) is 59.2. The summed E-state index contributed by atoms with van der Waals surface area (Å²) in [5.74, 6) is 1.84. The van der Waals surface area contributed by atoms with Crippen LogP contribution in [0.1, 0.15) is 28.8 Å². The Morgan fingerprint density at radius 2 is 0.897 bits per heavy atom. The number of allylic oxidation sites excluding steroid dienone is 1. The molecule has 0 amide bonds. The zero-order valence-corrected chi connectivity index (χ0v) is 31.8. The van der Waals surface area contributed by atoms with Crippen molar-refractivity contribution in [1.82, 2.24) is 24.1 Å². The number of hydrogen-bond acceptors (Lipinski definition) is 3. The summed E-state index contributed by atoms with van der Waals surface area (Å²) in [6.07, 6.45) is 8.35. The molecule has 3 heterocycles. The molecule has 0 saturated carbocycles. The van der Waals surface area contributed by atoms with E-state index in [0.717, 1.165) is 53.4 Å². The smallest absolute Gasteiger partial charge is 0.240 e. The minimum absolute atomic E-state index is 0.593. The first kappa shape index (κ1) is 32.8. The molecule has 0 unspecified atom stereocenters. The number of para-hydroxylation sites is 3. The van der Waals surface area contributed by atoms with Crippen molar-refractivity contribution in [3.05, 3.63) is 192 Å². The van der Waals surface area contributed by atoms with E-state index in [1.54, 1.807) is 0 Å². The van der Waals surface area contributed by atoms with Gasteiger partial charge in [0.05, 0.1) is 16.6 Å². The van der Waals surface area contributed by atoms with Crippen LogP contribution in [0.2, 0.25) is 0 Å². The van der Waals surface area contributed by atoms with Gasteiger partial charge in [-0.15, -0.1) is 0 Å². The molecule has 5 nitrogen and oxygen atoms in total. The fourth-order valence-electron chi connectivity index (χ4n) is 9.59. The van der Waals surface area contributed by atoms with Gasteiger partial charge in [-0.2, -0.15) is 15.0 Å². The van der Waals surface area contributed by atoms with Crippen LogP contribution in [0.25, 0.3) is 95.5 Å². The molecule has 0 radical (unpaired) electrons. The molecule has 2 aliphatic carbocycles. The number of aromatic nitrogens is 5. The molecule has 0 spiro atoms. The molecule has 0 N–H and O–H groups in total. The fourth-order valence-corrected chi connectivity index (χ4v) is 9.59. The van der Waals surface area contributed by atoms with Gasteiger partial charge in [-0.05, 0) is 94.5 Å². The summed E-state index contributed by atoms with van der Waals surface area (Å²) in [7, 11) is 0. The van der Waals surface area contributed by atoms with Gasteiger partial charge >= 0.3 is 0 Å². The lowest BCUT2D eigenvalue weighted by atomic mass is 9.83. The Hall–Kier alpha value is -7.37. The Labute approximate surface area is 336 Å². The van der Waals surface area contributed by atoms with Crippen LogP contribution in [0.4, 0.5) is 0 Å². The topological polar surface area (TPSA) is 48.5 Å². The second-order valence-corrected chi connectivity index (χ2v) is 15.4. The number of hydrogen-bond donors (Lipinski definition) is 0. The van der Waals surface area contributed by atoms with Crippen molar-refractivity contribution in [2.75, 3.05) is 0 Å². The summed E-state index contributed by atoms with van der Waals surface area (Å²) in [6.45, 7) is 0. The van der Waals surface area contributed by atoms with Crippen LogP contribution in [0.3, 0.4) is 0 Å². The fraction of sp³-hybridized carbons (Fsp3) is 0.0755. The molecule has 12 rings (SSSR count). The Morgan fingerprint density at radius 3 is 1.55 bits per heavy atom. The van der Waals surface area contributed by atoms with Crippen molar-refractivity contribution in [1.29, 1.82) is 0 Å². The Balaban J connectivity index is 1.16. The third-order valence-corrected chi connectivity index (χ3v) is 12.2. The molecule has 58 heavy (non-hydrogen) atoms. The maximum atomic E-state index is 5.44. The van der Waals surface area contributed by atoms with Gasteiger partial charge in [0.2, 0.25) is 11.9 Å². The summed E-state index contributed by atoms with van der Waals surface area (Å²) < 4.78 is 4.49. The van der Waals surface area contributed by atoms with Crippen LogP contribution in [-0.2, 0) is 19.3 Å². The second-order valence-electron chi connectivity index (χ2n) is 15.4. The molecular formula is C53H37N5. The predicted octanol–water partition coefficient (Wildman–Crippen LogP) is 12.6. The van der Waals surface area contributed by atoms with E-state index in [1.165, 1.54) is 66.4 Å². The third-order valence-electron chi connectivity index (χ3n) is 12.2. The molecule has 0 bridgehead atoms. The van der Waals surface area contributed by atoms with E-state index in [2.05, 4.69) is 185 Å². The van der Waals surface area contributed by atoms with Crippen molar-refractivity contribution >= 4 is 38.8 Å². The average Bonchev–Trinajstić information content (AvgIpc) is 3.81. The first-order chi connectivity index (χ1) is 28.8. The minimum Gasteiger partial charge on any atom is -0.282 e. The van der Waals surface area contributed by atoms with Crippen LogP contribution < -0.4 is 0 Å². The van der Waals surface area contributed by atoms with Gasteiger partial charge in [0.15, 0.2) is 5.82 Å². The molecule has 5 heteroatoms. The first-order valence-electron chi connectivity index (χ1n) is 20.2. The highest BCUT2D eigenvalue weighted by Crippen LogP contribution is 2.44. The van der Waals surface area contributed by atoms with Crippen LogP contribution in [-0.4, -0.2) is 24.1 Å².